The number of hydrogen-bond donors (Lipinski definition) is 1. The van der Waals surface area contributed by atoms with Gasteiger partial charge in [-0.25, -0.2) is 4.79 Å². The fourth-order valence-corrected chi connectivity index (χ4v) is 3.39. The number of nitro groups is 1. The maximum absolute atomic E-state index is 13.3. The van der Waals surface area contributed by atoms with Gasteiger partial charge in [0, 0.05) is 12.1 Å². The highest BCUT2D eigenvalue weighted by Gasteiger charge is 2.51. The fraction of sp³-hybridized carbons (Fsp3) is 0.300. The maximum atomic E-state index is 13.3. The molecule has 140 valence electrons. The number of nitrogens with zero attached hydrogens (tertiary/aromatic N) is 2. The van der Waals surface area contributed by atoms with Gasteiger partial charge in [0.25, 0.3) is 11.6 Å². The van der Waals surface area contributed by atoms with Gasteiger partial charge in [0.2, 0.25) is 0 Å². The zero-order valence-corrected chi connectivity index (χ0v) is 15.1. The number of rotatable bonds is 7. The molecule has 0 bridgehead atoms. The zero-order valence-electron chi connectivity index (χ0n) is 15.1. The molecule has 1 atom stereocenters. The van der Waals surface area contributed by atoms with Crippen LogP contribution in [0.2, 0.25) is 0 Å². The number of amides is 3. The van der Waals surface area contributed by atoms with Crippen molar-refractivity contribution in [1.29, 1.82) is 0 Å². The number of nitrogens with one attached hydrogen (secondary N) is 1. The summed E-state index contributed by atoms with van der Waals surface area (Å²) in [7, 11) is 0. The van der Waals surface area contributed by atoms with Crippen LogP contribution < -0.4 is 5.32 Å². The van der Waals surface area contributed by atoms with Crippen molar-refractivity contribution in [3.05, 3.63) is 75.8 Å². The molecule has 2 aromatic rings. The van der Waals surface area contributed by atoms with Crippen LogP contribution in [0.1, 0.15) is 37.3 Å². The standard InChI is InChI=1S/C20H21N3O4/c1-2-3-12-20(16-9-5-4-6-10-16)18(24)22(19(25)21-20)14-15-8-7-11-17(13-15)23(26)27/h4-11,13H,2-3,12,14H2,1H3,(H,21,25). The van der Waals surface area contributed by atoms with E-state index in [2.05, 4.69) is 5.32 Å². The van der Waals surface area contributed by atoms with Gasteiger partial charge in [-0.05, 0) is 17.5 Å². The van der Waals surface area contributed by atoms with Crippen LogP contribution in [0, 0.1) is 10.1 Å². The van der Waals surface area contributed by atoms with E-state index >= 15 is 0 Å². The summed E-state index contributed by atoms with van der Waals surface area (Å²) < 4.78 is 0. The Balaban J connectivity index is 1.92. The van der Waals surface area contributed by atoms with Gasteiger partial charge < -0.3 is 5.32 Å². The summed E-state index contributed by atoms with van der Waals surface area (Å²) in [5.41, 5.74) is 0.125. The summed E-state index contributed by atoms with van der Waals surface area (Å²) in [4.78, 5) is 37.5. The smallest absolute Gasteiger partial charge is 0.319 e. The van der Waals surface area contributed by atoms with Crippen molar-refractivity contribution < 1.29 is 14.5 Å². The number of carbonyl (C=O) groups is 2. The first-order chi connectivity index (χ1) is 13.0. The molecule has 27 heavy (non-hydrogen) atoms. The van der Waals surface area contributed by atoms with Crippen molar-refractivity contribution in [3.63, 3.8) is 0 Å². The number of hydrogen-bond acceptors (Lipinski definition) is 4. The molecule has 1 fully saturated rings. The molecule has 0 aliphatic carbocycles. The van der Waals surface area contributed by atoms with E-state index in [0.717, 1.165) is 23.3 Å². The van der Waals surface area contributed by atoms with Crippen molar-refractivity contribution in [2.45, 2.75) is 38.3 Å². The van der Waals surface area contributed by atoms with Crippen molar-refractivity contribution in [2.75, 3.05) is 0 Å². The molecule has 3 amide bonds. The molecule has 0 saturated carbocycles. The van der Waals surface area contributed by atoms with Crippen molar-refractivity contribution in [2.24, 2.45) is 0 Å². The first kappa shape index (κ1) is 18.6. The lowest BCUT2D eigenvalue weighted by atomic mass is 9.85. The predicted molar refractivity (Wildman–Crippen MR) is 99.8 cm³/mol. The Labute approximate surface area is 157 Å². The Morgan fingerprint density at radius 1 is 1.11 bits per heavy atom. The number of unbranched alkanes of at least 4 members (excludes halogenated alkanes) is 1. The zero-order chi connectivity index (χ0) is 19.4. The highest BCUT2D eigenvalue weighted by molar-refractivity contribution is 6.07. The lowest BCUT2D eigenvalue weighted by Gasteiger charge is -2.27. The monoisotopic (exact) mass is 367 g/mol. The number of non-ortho nitro benzene ring substituents is 1. The number of benzene rings is 2. The first-order valence-corrected chi connectivity index (χ1v) is 8.91. The highest BCUT2D eigenvalue weighted by Crippen LogP contribution is 2.35. The molecule has 0 aromatic heterocycles. The van der Waals surface area contributed by atoms with Crippen LogP contribution in [0.5, 0.6) is 0 Å². The normalized spacial score (nSPS) is 19.2. The molecule has 1 heterocycles. The highest BCUT2D eigenvalue weighted by atomic mass is 16.6. The predicted octanol–water partition coefficient (Wildman–Crippen LogP) is 3.73. The molecule has 7 heteroatoms. The van der Waals surface area contributed by atoms with E-state index in [4.69, 9.17) is 0 Å². The fourth-order valence-electron chi connectivity index (χ4n) is 3.39. The van der Waals surface area contributed by atoms with Gasteiger partial charge in [-0.2, -0.15) is 0 Å². The molecule has 1 unspecified atom stereocenters. The molecular formula is C20H21N3O4. The van der Waals surface area contributed by atoms with E-state index in [1.807, 2.05) is 37.3 Å². The van der Waals surface area contributed by atoms with E-state index in [1.165, 1.54) is 12.1 Å². The average Bonchev–Trinajstić information content (AvgIpc) is 2.92. The number of nitro benzene ring substituents is 1. The van der Waals surface area contributed by atoms with Gasteiger partial charge in [0.15, 0.2) is 0 Å². The minimum atomic E-state index is -1.09. The van der Waals surface area contributed by atoms with E-state index < -0.39 is 16.5 Å². The second-order valence-electron chi connectivity index (χ2n) is 6.62. The van der Waals surface area contributed by atoms with Gasteiger partial charge in [0.05, 0.1) is 11.5 Å². The van der Waals surface area contributed by atoms with Crippen LogP contribution >= 0.6 is 0 Å². The van der Waals surface area contributed by atoms with Crippen LogP contribution in [0.3, 0.4) is 0 Å². The Kier molecular flexibility index (Phi) is 5.21. The van der Waals surface area contributed by atoms with Crippen molar-refractivity contribution >= 4 is 17.6 Å². The summed E-state index contributed by atoms with van der Waals surface area (Å²) in [6.45, 7) is 2.02. The SMILES string of the molecule is CCCCC1(c2ccccc2)NC(=O)N(Cc2cccc([N+](=O)[O-])c2)C1=O. The minimum Gasteiger partial charge on any atom is -0.319 e. The molecule has 1 aliphatic rings. The summed E-state index contributed by atoms with van der Waals surface area (Å²) in [6.07, 6.45) is 2.18. The maximum Gasteiger partial charge on any atom is 0.325 e. The van der Waals surface area contributed by atoms with Gasteiger partial charge in [0.1, 0.15) is 5.54 Å². The molecular weight excluding hydrogens is 346 g/mol. The molecule has 2 aromatic carbocycles. The topological polar surface area (TPSA) is 92.6 Å². The molecule has 0 spiro atoms. The van der Waals surface area contributed by atoms with Gasteiger partial charge >= 0.3 is 6.03 Å². The summed E-state index contributed by atoms with van der Waals surface area (Å²) in [5, 5.41) is 13.9. The van der Waals surface area contributed by atoms with Crippen LogP contribution in [-0.4, -0.2) is 21.8 Å². The lowest BCUT2D eigenvalue weighted by Crippen LogP contribution is -2.44. The van der Waals surface area contributed by atoms with Gasteiger partial charge in [-0.3, -0.25) is 19.8 Å². The quantitative estimate of drug-likeness (QED) is 0.458. The molecule has 1 N–H and O–H groups in total. The van der Waals surface area contributed by atoms with Gasteiger partial charge in [-0.15, -0.1) is 0 Å². The van der Waals surface area contributed by atoms with E-state index in [-0.39, 0.29) is 18.1 Å². The van der Waals surface area contributed by atoms with Crippen molar-refractivity contribution in [1.82, 2.24) is 10.2 Å². The number of imide groups is 1. The Morgan fingerprint density at radius 2 is 1.85 bits per heavy atom. The van der Waals surface area contributed by atoms with E-state index in [9.17, 15) is 19.7 Å². The van der Waals surface area contributed by atoms with Crippen LogP contribution in [0.15, 0.2) is 54.6 Å². The van der Waals surface area contributed by atoms with Crippen LogP contribution in [0.25, 0.3) is 0 Å². The lowest BCUT2D eigenvalue weighted by molar-refractivity contribution is -0.384. The van der Waals surface area contributed by atoms with E-state index in [0.29, 0.717) is 12.0 Å². The molecule has 7 nitrogen and oxygen atoms in total. The Morgan fingerprint density at radius 3 is 2.52 bits per heavy atom. The van der Waals surface area contributed by atoms with Crippen LogP contribution in [-0.2, 0) is 16.9 Å². The average molecular weight is 367 g/mol. The van der Waals surface area contributed by atoms with Crippen LogP contribution in [0.4, 0.5) is 10.5 Å². The van der Waals surface area contributed by atoms with E-state index in [1.54, 1.807) is 12.1 Å². The Hall–Kier alpha value is -3.22. The molecule has 0 radical (unpaired) electrons. The largest absolute Gasteiger partial charge is 0.325 e. The third-order valence-corrected chi connectivity index (χ3v) is 4.81. The Bertz CT molecular complexity index is 869. The third-order valence-electron chi connectivity index (χ3n) is 4.81. The number of urea groups is 1. The first-order valence-electron chi connectivity index (χ1n) is 8.91. The number of carbonyl (C=O) groups excluding carboxylic acids is 2. The minimum absolute atomic E-state index is 0.00689. The second-order valence-corrected chi connectivity index (χ2v) is 6.62. The molecule has 3 rings (SSSR count). The molecule has 1 saturated heterocycles. The summed E-state index contributed by atoms with van der Waals surface area (Å²) in [6, 6.07) is 14.7. The molecule has 1 aliphatic heterocycles. The summed E-state index contributed by atoms with van der Waals surface area (Å²) in [5.74, 6) is -0.321. The third kappa shape index (κ3) is 3.53. The van der Waals surface area contributed by atoms with Crippen molar-refractivity contribution in [3.8, 4) is 0 Å². The van der Waals surface area contributed by atoms with Gasteiger partial charge in [-0.1, -0.05) is 62.2 Å². The summed E-state index contributed by atoms with van der Waals surface area (Å²) >= 11 is 0. The second kappa shape index (κ2) is 7.57.